The highest BCUT2D eigenvalue weighted by atomic mass is 32.2. The molecule has 94 valence electrons. The molecule has 0 unspecified atom stereocenters. The summed E-state index contributed by atoms with van der Waals surface area (Å²) in [4.78, 5) is 49.1. The molecule has 7 heteroatoms. The number of hydroxylamine groups is 2. The molecule has 17 heavy (non-hydrogen) atoms. The van der Waals surface area contributed by atoms with E-state index in [1.54, 1.807) is 6.92 Å². The zero-order chi connectivity index (χ0) is 12.8. The van der Waals surface area contributed by atoms with Crippen molar-refractivity contribution in [3.63, 3.8) is 0 Å². The molecule has 1 fully saturated rings. The fraction of sp³-hybridized carbons (Fsp3) is 0.600. The molecule has 0 aromatic rings. The second-order valence-corrected chi connectivity index (χ2v) is 4.52. The van der Waals surface area contributed by atoms with Crippen LogP contribution in [0.1, 0.15) is 32.6 Å². The molecule has 0 radical (unpaired) electrons. The van der Waals surface area contributed by atoms with Crippen molar-refractivity contribution < 1.29 is 24.0 Å². The first-order valence-electron chi connectivity index (χ1n) is 5.26. The van der Waals surface area contributed by atoms with Gasteiger partial charge in [-0.3, -0.25) is 14.4 Å². The third-order valence-electron chi connectivity index (χ3n) is 2.06. The molecule has 0 saturated carbocycles. The average molecular weight is 259 g/mol. The highest BCUT2D eigenvalue weighted by Crippen LogP contribution is 2.13. The smallest absolute Gasteiger partial charge is 0.330 e. The van der Waals surface area contributed by atoms with Crippen LogP contribution in [0.5, 0.6) is 0 Å². The lowest BCUT2D eigenvalue weighted by Crippen LogP contribution is -2.32. The molecule has 0 N–H and O–H groups in total. The first-order valence-corrected chi connectivity index (χ1v) is 6.25. The SMILES string of the molecule is CCC(=O)SCCC(=O)ON1C(=O)CCC1=O. The van der Waals surface area contributed by atoms with Gasteiger partial charge in [0.25, 0.3) is 11.8 Å². The Hall–Kier alpha value is -1.37. The van der Waals surface area contributed by atoms with Crippen molar-refractivity contribution in [1.82, 2.24) is 5.06 Å². The summed E-state index contributed by atoms with van der Waals surface area (Å²) in [6.45, 7) is 1.73. The standard InChI is InChI=1S/C10H13NO5S/c1-2-10(15)17-6-5-9(14)16-11-7(12)3-4-8(11)13/h2-6H2,1H3. The van der Waals surface area contributed by atoms with Gasteiger partial charge >= 0.3 is 5.97 Å². The van der Waals surface area contributed by atoms with Crippen molar-refractivity contribution in [2.75, 3.05) is 5.75 Å². The Labute approximate surface area is 103 Å². The van der Waals surface area contributed by atoms with Crippen molar-refractivity contribution in [2.45, 2.75) is 32.6 Å². The number of carbonyl (C=O) groups excluding carboxylic acids is 4. The molecule has 1 aliphatic heterocycles. The topological polar surface area (TPSA) is 80.8 Å². The molecule has 1 rings (SSSR count). The highest BCUT2D eigenvalue weighted by molar-refractivity contribution is 8.13. The molecule has 1 saturated heterocycles. The minimum absolute atomic E-state index is 0.00648. The Morgan fingerprint density at radius 3 is 2.41 bits per heavy atom. The van der Waals surface area contributed by atoms with E-state index >= 15 is 0 Å². The first kappa shape index (κ1) is 13.7. The zero-order valence-electron chi connectivity index (χ0n) is 9.43. The van der Waals surface area contributed by atoms with Crippen molar-refractivity contribution in [1.29, 1.82) is 0 Å². The van der Waals surface area contributed by atoms with E-state index in [9.17, 15) is 19.2 Å². The van der Waals surface area contributed by atoms with Gasteiger partial charge in [-0.2, -0.15) is 0 Å². The number of nitrogens with zero attached hydrogens (tertiary/aromatic N) is 1. The van der Waals surface area contributed by atoms with Gasteiger partial charge in [-0.25, -0.2) is 4.79 Å². The fourth-order valence-corrected chi connectivity index (χ4v) is 1.86. The predicted molar refractivity (Wildman–Crippen MR) is 59.6 cm³/mol. The van der Waals surface area contributed by atoms with Crippen LogP contribution in [-0.2, 0) is 24.0 Å². The molecule has 2 amide bonds. The van der Waals surface area contributed by atoms with E-state index in [-0.39, 0.29) is 24.4 Å². The lowest BCUT2D eigenvalue weighted by atomic mass is 10.4. The van der Waals surface area contributed by atoms with Gasteiger partial charge in [-0.15, -0.1) is 5.06 Å². The van der Waals surface area contributed by atoms with Crippen LogP contribution in [0.15, 0.2) is 0 Å². The number of hydrogen-bond donors (Lipinski definition) is 0. The summed E-state index contributed by atoms with van der Waals surface area (Å²) in [5.41, 5.74) is 0. The summed E-state index contributed by atoms with van der Waals surface area (Å²) in [5, 5.41) is 0.500. The molecular weight excluding hydrogens is 246 g/mol. The fourth-order valence-electron chi connectivity index (χ4n) is 1.16. The second-order valence-electron chi connectivity index (χ2n) is 3.37. The quantitative estimate of drug-likeness (QED) is 0.674. The van der Waals surface area contributed by atoms with E-state index in [0.29, 0.717) is 17.2 Å². The number of hydrogen-bond acceptors (Lipinski definition) is 6. The largest absolute Gasteiger partial charge is 0.334 e. The van der Waals surface area contributed by atoms with Crippen molar-refractivity contribution in [2.24, 2.45) is 0 Å². The maximum Gasteiger partial charge on any atom is 0.334 e. The summed E-state index contributed by atoms with van der Waals surface area (Å²) in [6.07, 6.45) is 0.556. The number of imide groups is 1. The molecule has 1 aliphatic rings. The Bertz CT molecular complexity index is 339. The number of carbonyl (C=O) groups is 4. The highest BCUT2D eigenvalue weighted by Gasteiger charge is 2.32. The average Bonchev–Trinajstić information content (AvgIpc) is 2.60. The van der Waals surface area contributed by atoms with Gasteiger partial charge in [-0.05, 0) is 0 Å². The van der Waals surface area contributed by atoms with Crippen LogP contribution < -0.4 is 0 Å². The second kappa shape index (κ2) is 6.39. The number of thioether (sulfide) groups is 1. The van der Waals surface area contributed by atoms with Crippen molar-refractivity contribution in [3.05, 3.63) is 0 Å². The van der Waals surface area contributed by atoms with Gasteiger partial charge in [0.1, 0.15) is 0 Å². The van der Waals surface area contributed by atoms with Gasteiger partial charge in [0.15, 0.2) is 5.12 Å². The van der Waals surface area contributed by atoms with E-state index in [4.69, 9.17) is 0 Å². The normalized spacial score (nSPS) is 15.2. The van der Waals surface area contributed by atoms with Gasteiger partial charge in [0.05, 0.1) is 6.42 Å². The molecular formula is C10H13NO5S. The zero-order valence-corrected chi connectivity index (χ0v) is 10.2. The maximum atomic E-state index is 11.3. The molecule has 6 nitrogen and oxygen atoms in total. The third-order valence-corrected chi connectivity index (χ3v) is 3.08. The maximum absolute atomic E-state index is 11.3. The van der Waals surface area contributed by atoms with Crippen LogP contribution in [0.3, 0.4) is 0 Å². The van der Waals surface area contributed by atoms with Crippen LogP contribution in [-0.4, -0.2) is 33.7 Å². The minimum atomic E-state index is -0.676. The van der Waals surface area contributed by atoms with Gasteiger partial charge < -0.3 is 4.84 Å². The molecule has 0 spiro atoms. The third kappa shape index (κ3) is 4.18. The Balaban J connectivity index is 2.27. The number of rotatable bonds is 5. The summed E-state index contributed by atoms with van der Waals surface area (Å²) in [5.74, 6) is -1.38. The Kier molecular flexibility index (Phi) is 5.14. The number of amides is 2. The van der Waals surface area contributed by atoms with Gasteiger partial charge in [0.2, 0.25) is 0 Å². The van der Waals surface area contributed by atoms with E-state index < -0.39 is 17.8 Å². The van der Waals surface area contributed by atoms with Crippen LogP contribution in [0.4, 0.5) is 0 Å². The van der Waals surface area contributed by atoms with E-state index in [1.807, 2.05) is 0 Å². The first-order chi connectivity index (χ1) is 8.04. The summed E-state index contributed by atoms with van der Waals surface area (Å²) < 4.78 is 0. The van der Waals surface area contributed by atoms with Crippen molar-refractivity contribution >= 4 is 34.7 Å². The summed E-state index contributed by atoms with van der Waals surface area (Å²) in [7, 11) is 0. The van der Waals surface area contributed by atoms with Crippen molar-refractivity contribution in [3.8, 4) is 0 Å². The lowest BCUT2D eigenvalue weighted by molar-refractivity contribution is -0.197. The Morgan fingerprint density at radius 1 is 1.29 bits per heavy atom. The molecule has 0 bridgehead atoms. The van der Waals surface area contributed by atoms with Crippen LogP contribution in [0, 0.1) is 0 Å². The van der Waals surface area contributed by atoms with E-state index in [0.717, 1.165) is 11.8 Å². The summed E-state index contributed by atoms with van der Waals surface area (Å²) >= 11 is 1.04. The molecule has 0 atom stereocenters. The minimum Gasteiger partial charge on any atom is -0.330 e. The Morgan fingerprint density at radius 2 is 1.88 bits per heavy atom. The van der Waals surface area contributed by atoms with Crippen LogP contribution >= 0.6 is 11.8 Å². The monoisotopic (exact) mass is 259 g/mol. The molecule has 0 aromatic carbocycles. The molecule has 1 heterocycles. The van der Waals surface area contributed by atoms with Crippen LogP contribution in [0.2, 0.25) is 0 Å². The predicted octanol–water partition coefficient (Wildman–Crippen LogP) is 0.653. The molecule has 0 aromatic heterocycles. The molecule has 0 aliphatic carbocycles. The lowest BCUT2D eigenvalue weighted by Gasteiger charge is -2.11. The van der Waals surface area contributed by atoms with Gasteiger partial charge in [0, 0.05) is 25.0 Å². The summed E-state index contributed by atoms with van der Waals surface area (Å²) in [6, 6.07) is 0. The van der Waals surface area contributed by atoms with E-state index in [2.05, 4.69) is 4.84 Å². The van der Waals surface area contributed by atoms with Gasteiger partial charge in [-0.1, -0.05) is 18.7 Å². The van der Waals surface area contributed by atoms with E-state index in [1.165, 1.54) is 0 Å². The van der Waals surface area contributed by atoms with Crippen LogP contribution in [0.25, 0.3) is 0 Å².